The lowest BCUT2D eigenvalue weighted by molar-refractivity contribution is -0.152. The van der Waals surface area contributed by atoms with Crippen molar-refractivity contribution in [2.75, 3.05) is 19.0 Å². The second kappa shape index (κ2) is 8.09. The van der Waals surface area contributed by atoms with Gasteiger partial charge in [-0.3, -0.25) is 14.4 Å². The van der Waals surface area contributed by atoms with Crippen molar-refractivity contribution in [2.24, 2.45) is 0 Å². The molecule has 0 fully saturated rings. The average Bonchev–Trinajstić information content (AvgIpc) is 3.13. The van der Waals surface area contributed by atoms with Crippen LogP contribution in [0.1, 0.15) is 12.2 Å². The summed E-state index contributed by atoms with van der Waals surface area (Å²) in [6.45, 7) is -0.0767. The Morgan fingerprint density at radius 3 is 2.85 bits per heavy atom. The van der Waals surface area contributed by atoms with Crippen molar-refractivity contribution in [1.29, 1.82) is 0 Å². The number of hydrogen-bond acceptors (Lipinski definition) is 6. The molecule has 26 heavy (non-hydrogen) atoms. The number of rotatable bonds is 6. The minimum atomic E-state index is -0.586. The van der Waals surface area contributed by atoms with Gasteiger partial charge < -0.3 is 19.4 Å². The Morgan fingerprint density at radius 1 is 1.27 bits per heavy atom. The highest BCUT2D eigenvalue weighted by molar-refractivity contribution is 8.01. The van der Waals surface area contributed by atoms with Gasteiger partial charge in [0, 0.05) is 11.9 Å². The van der Waals surface area contributed by atoms with Gasteiger partial charge in [-0.2, -0.15) is 0 Å². The van der Waals surface area contributed by atoms with E-state index < -0.39 is 11.2 Å². The number of furan rings is 1. The van der Waals surface area contributed by atoms with Gasteiger partial charge in [0.2, 0.25) is 5.91 Å². The summed E-state index contributed by atoms with van der Waals surface area (Å²) in [4.78, 5) is 38.4. The maximum Gasteiger partial charge on any atom is 0.307 e. The number of amides is 2. The summed E-state index contributed by atoms with van der Waals surface area (Å²) in [5.74, 6) is -0.536. The molecular weight excluding hydrogens is 356 g/mol. The molecule has 1 atom stereocenters. The number of carbonyl (C=O) groups excluding carboxylic acids is 3. The van der Waals surface area contributed by atoms with Crippen LogP contribution >= 0.6 is 11.8 Å². The van der Waals surface area contributed by atoms with Crippen LogP contribution in [0.5, 0.6) is 0 Å². The van der Waals surface area contributed by atoms with Gasteiger partial charge in [0.05, 0.1) is 30.2 Å². The van der Waals surface area contributed by atoms with Crippen LogP contribution in [-0.4, -0.2) is 41.6 Å². The number of likely N-dealkylation sites (N-methyl/N-ethyl adjacent to an activating group) is 1. The Kier molecular flexibility index (Phi) is 5.62. The van der Waals surface area contributed by atoms with E-state index in [1.807, 2.05) is 24.3 Å². The molecule has 7 nitrogen and oxygen atoms in total. The zero-order valence-corrected chi connectivity index (χ0v) is 15.0. The number of nitrogens with one attached hydrogen (secondary N) is 1. The Morgan fingerprint density at radius 2 is 2.08 bits per heavy atom. The Labute approximate surface area is 154 Å². The minimum Gasteiger partial charge on any atom is -0.467 e. The van der Waals surface area contributed by atoms with Crippen LogP contribution in [0.25, 0.3) is 0 Å². The van der Waals surface area contributed by atoms with Crippen LogP contribution in [0, 0.1) is 0 Å². The SMILES string of the molecule is CN(Cc1ccco1)C(=O)COC(=O)C[C@H]1Sc2ccccc2NC1=O. The molecule has 1 aliphatic rings. The van der Waals surface area contributed by atoms with Gasteiger partial charge in [0.1, 0.15) is 5.76 Å². The van der Waals surface area contributed by atoms with Crippen molar-refractivity contribution in [2.45, 2.75) is 23.1 Å². The molecule has 2 amide bonds. The molecule has 2 aromatic rings. The minimum absolute atomic E-state index is 0.0972. The first-order valence-electron chi connectivity index (χ1n) is 8.01. The van der Waals surface area contributed by atoms with Gasteiger partial charge in [0.25, 0.3) is 5.91 Å². The third-order valence-electron chi connectivity index (χ3n) is 3.81. The topological polar surface area (TPSA) is 88.8 Å². The lowest BCUT2D eigenvalue weighted by Gasteiger charge is -2.23. The molecule has 0 aliphatic carbocycles. The normalized spacial score (nSPS) is 15.7. The number of anilines is 1. The summed E-state index contributed by atoms with van der Waals surface area (Å²) in [7, 11) is 1.60. The van der Waals surface area contributed by atoms with Crippen LogP contribution in [0.4, 0.5) is 5.69 Å². The maximum atomic E-state index is 12.1. The van der Waals surface area contributed by atoms with E-state index >= 15 is 0 Å². The van der Waals surface area contributed by atoms with Crippen molar-refractivity contribution in [1.82, 2.24) is 4.90 Å². The molecule has 0 radical (unpaired) electrons. The number of thioether (sulfide) groups is 1. The Balaban J connectivity index is 1.47. The molecule has 1 aliphatic heterocycles. The largest absolute Gasteiger partial charge is 0.467 e. The van der Waals surface area contributed by atoms with Crippen molar-refractivity contribution in [3.63, 3.8) is 0 Å². The number of ether oxygens (including phenoxy) is 1. The van der Waals surface area contributed by atoms with Crippen LogP contribution < -0.4 is 5.32 Å². The van der Waals surface area contributed by atoms with Gasteiger partial charge in [0.15, 0.2) is 6.61 Å². The first kappa shape index (κ1) is 18.1. The van der Waals surface area contributed by atoms with E-state index in [2.05, 4.69) is 5.32 Å². The summed E-state index contributed by atoms with van der Waals surface area (Å²) >= 11 is 1.32. The molecule has 0 saturated carbocycles. The van der Waals surface area contributed by atoms with E-state index in [-0.39, 0.29) is 24.8 Å². The molecule has 1 aromatic heterocycles. The monoisotopic (exact) mass is 374 g/mol. The second-order valence-electron chi connectivity index (χ2n) is 5.79. The van der Waals surface area contributed by atoms with Gasteiger partial charge in [-0.05, 0) is 24.3 Å². The fourth-order valence-electron chi connectivity index (χ4n) is 2.41. The summed E-state index contributed by atoms with van der Waals surface area (Å²) in [5, 5.41) is 2.19. The van der Waals surface area contributed by atoms with Crippen molar-refractivity contribution < 1.29 is 23.5 Å². The standard InChI is InChI=1S/C18H18N2O5S/c1-20(10-12-5-4-8-24-12)16(21)11-25-17(22)9-15-18(23)19-13-6-2-3-7-14(13)26-15/h2-8,15H,9-11H2,1H3,(H,19,23)/t15-/m1/s1. The van der Waals surface area contributed by atoms with E-state index in [4.69, 9.17) is 9.15 Å². The molecule has 136 valence electrons. The van der Waals surface area contributed by atoms with Crippen molar-refractivity contribution in [3.05, 3.63) is 48.4 Å². The van der Waals surface area contributed by atoms with Gasteiger partial charge in [-0.25, -0.2) is 0 Å². The fraction of sp³-hybridized carbons (Fsp3) is 0.278. The molecule has 1 N–H and O–H groups in total. The number of hydrogen-bond donors (Lipinski definition) is 1. The van der Waals surface area contributed by atoms with Crippen LogP contribution in [-0.2, 0) is 25.7 Å². The Hall–Kier alpha value is -2.74. The lowest BCUT2D eigenvalue weighted by Crippen LogP contribution is -2.33. The average molecular weight is 374 g/mol. The zero-order chi connectivity index (χ0) is 18.5. The number of fused-ring (bicyclic) bond motifs is 1. The molecule has 0 spiro atoms. The maximum absolute atomic E-state index is 12.1. The summed E-state index contributed by atoms with van der Waals surface area (Å²) in [5.41, 5.74) is 0.738. The number of carbonyl (C=O) groups is 3. The number of para-hydroxylation sites is 1. The molecule has 3 rings (SSSR count). The smallest absolute Gasteiger partial charge is 0.307 e. The van der Waals surface area contributed by atoms with Crippen molar-refractivity contribution in [3.8, 4) is 0 Å². The van der Waals surface area contributed by atoms with E-state index in [0.29, 0.717) is 12.3 Å². The van der Waals surface area contributed by atoms with Gasteiger partial charge in [-0.1, -0.05) is 12.1 Å². The quantitative estimate of drug-likeness (QED) is 0.781. The zero-order valence-electron chi connectivity index (χ0n) is 14.1. The molecule has 0 unspecified atom stereocenters. The number of benzene rings is 1. The summed E-state index contributed by atoms with van der Waals surface area (Å²) in [6, 6.07) is 10.9. The van der Waals surface area contributed by atoms with E-state index in [1.165, 1.54) is 22.9 Å². The van der Waals surface area contributed by atoms with Crippen LogP contribution in [0.15, 0.2) is 52.0 Å². The molecular formula is C18H18N2O5S. The van der Waals surface area contributed by atoms with Crippen LogP contribution in [0.2, 0.25) is 0 Å². The number of esters is 1. The third kappa shape index (κ3) is 4.45. The molecule has 1 aromatic carbocycles. The predicted molar refractivity (Wildman–Crippen MR) is 95.5 cm³/mol. The van der Waals surface area contributed by atoms with E-state index in [0.717, 1.165) is 10.6 Å². The molecule has 8 heteroatoms. The van der Waals surface area contributed by atoms with E-state index in [9.17, 15) is 14.4 Å². The molecule has 0 bridgehead atoms. The van der Waals surface area contributed by atoms with Crippen LogP contribution in [0.3, 0.4) is 0 Å². The molecule has 0 saturated heterocycles. The highest BCUT2D eigenvalue weighted by Crippen LogP contribution is 2.36. The second-order valence-corrected chi connectivity index (χ2v) is 7.03. The van der Waals surface area contributed by atoms with Gasteiger partial charge >= 0.3 is 5.97 Å². The lowest BCUT2D eigenvalue weighted by atomic mass is 10.2. The van der Waals surface area contributed by atoms with Crippen molar-refractivity contribution >= 4 is 35.2 Å². The fourth-order valence-corrected chi connectivity index (χ4v) is 3.51. The summed E-state index contributed by atoms with van der Waals surface area (Å²) < 4.78 is 10.2. The third-order valence-corrected chi connectivity index (χ3v) is 5.09. The predicted octanol–water partition coefficient (Wildman–Crippen LogP) is 2.28. The number of nitrogens with zero attached hydrogens (tertiary/aromatic N) is 1. The highest BCUT2D eigenvalue weighted by atomic mass is 32.2. The summed E-state index contributed by atoms with van der Waals surface area (Å²) in [6.07, 6.45) is 1.43. The van der Waals surface area contributed by atoms with Gasteiger partial charge in [-0.15, -0.1) is 11.8 Å². The highest BCUT2D eigenvalue weighted by Gasteiger charge is 2.29. The first-order valence-corrected chi connectivity index (χ1v) is 8.89. The Bertz CT molecular complexity index is 806. The van der Waals surface area contributed by atoms with E-state index in [1.54, 1.807) is 19.2 Å². The molecule has 2 heterocycles. The first-order chi connectivity index (χ1) is 12.5.